The van der Waals surface area contributed by atoms with E-state index in [1.54, 1.807) is 0 Å². The first-order valence-electron chi connectivity index (χ1n) is 6.96. The summed E-state index contributed by atoms with van der Waals surface area (Å²) in [6.07, 6.45) is 5.33. The minimum Gasteiger partial charge on any atom is -0.447 e. The zero-order valence-corrected chi connectivity index (χ0v) is 11.9. The minimum absolute atomic E-state index is 0.292. The van der Waals surface area contributed by atoms with Gasteiger partial charge in [-0.15, -0.1) is 0 Å². The third kappa shape index (κ3) is 12.8. The van der Waals surface area contributed by atoms with Crippen LogP contribution in [0, 0.1) is 0 Å². The maximum Gasteiger partial charge on any atom is 0.452 e. The summed E-state index contributed by atoms with van der Waals surface area (Å²) in [6, 6.07) is 0. The second-order valence-corrected chi connectivity index (χ2v) is 4.20. The van der Waals surface area contributed by atoms with Crippen LogP contribution in [0.25, 0.3) is 0 Å². The van der Waals surface area contributed by atoms with Crippen LogP contribution in [0.4, 0.5) is 9.59 Å². The summed E-state index contributed by atoms with van der Waals surface area (Å²) in [5, 5.41) is 6.24. The van der Waals surface area contributed by atoms with Crippen molar-refractivity contribution >= 4 is 12.2 Å². The van der Waals surface area contributed by atoms with Gasteiger partial charge in [0.25, 0.3) is 0 Å². The molecule has 0 unspecified atom stereocenters. The second kappa shape index (κ2) is 13.0. The number of ether oxygens (including phenoxy) is 2. The molecular formula is C13H24N2O4. The predicted octanol–water partition coefficient (Wildman–Crippen LogP) is 4.48. The Labute approximate surface area is 114 Å². The molecule has 6 nitrogen and oxygen atoms in total. The van der Waals surface area contributed by atoms with Gasteiger partial charge in [0.15, 0.2) is 0 Å². The Balaban J connectivity index is 3.53. The third-order valence-corrected chi connectivity index (χ3v) is 2.41. The number of nitrogens with zero attached hydrogens (tertiary/aromatic N) is 2. The average molecular weight is 272 g/mol. The van der Waals surface area contributed by atoms with Crippen molar-refractivity contribution < 1.29 is 19.1 Å². The van der Waals surface area contributed by atoms with Gasteiger partial charge in [0.05, 0.1) is 13.2 Å². The van der Waals surface area contributed by atoms with Crippen LogP contribution in [0.2, 0.25) is 0 Å². The van der Waals surface area contributed by atoms with Crippen LogP contribution in [0.15, 0.2) is 10.2 Å². The smallest absolute Gasteiger partial charge is 0.447 e. The first-order chi connectivity index (χ1) is 9.20. The molecule has 0 aliphatic carbocycles. The van der Waals surface area contributed by atoms with Crippen molar-refractivity contribution in [1.82, 2.24) is 0 Å². The summed E-state index contributed by atoms with van der Waals surface area (Å²) in [5.41, 5.74) is 0. The number of azo groups is 1. The summed E-state index contributed by atoms with van der Waals surface area (Å²) >= 11 is 0. The van der Waals surface area contributed by atoms with Gasteiger partial charge in [0.1, 0.15) is 0 Å². The Morgan fingerprint density at radius 2 is 1.21 bits per heavy atom. The summed E-state index contributed by atoms with van der Waals surface area (Å²) in [7, 11) is 0. The van der Waals surface area contributed by atoms with Crippen LogP contribution >= 0.6 is 0 Å². The molecule has 0 aliphatic heterocycles. The highest BCUT2D eigenvalue weighted by Gasteiger charge is 2.03. The lowest BCUT2D eigenvalue weighted by molar-refractivity contribution is 0.144. The van der Waals surface area contributed by atoms with Crippen LogP contribution in [0.1, 0.15) is 58.8 Å². The molecule has 2 amide bonds. The molecule has 0 aromatic carbocycles. The van der Waals surface area contributed by atoms with Crippen molar-refractivity contribution in [1.29, 1.82) is 0 Å². The number of carbonyl (C=O) groups is 2. The van der Waals surface area contributed by atoms with Crippen molar-refractivity contribution in [2.75, 3.05) is 13.2 Å². The van der Waals surface area contributed by atoms with E-state index in [1.807, 2.05) is 6.92 Å². The molecule has 0 heterocycles. The fourth-order valence-electron chi connectivity index (χ4n) is 1.31. The zero-order chi connectivity index (χ0) is 14.3. The van der Waals surface area contributed by atoms with Crippen LogP contribution < -0.4 is 0 Å². The van der Waals surface area contributed by atoms with E-state index in [1.165, 1.54) is 12.8 Å². The molecule has 0 atom stereocenters. The first kappa shape index (κ1) is 17.5. The van der Waals surface area contributed by atoms with E-state index in [4.69, 9.17) is 9.47 Å². The van der Waals surface area contributed by atoms with Gasteiger partial charge < -0.3 is 9.47 Å². The standard InChI is InChI=1S/C13H24N2O4/c1-3-5-7-8-9-11-19-13(17)15-14-12(16)18-10-6-4-2/h3-11H2,1-2H3. The van der Waals surface area contributed by atoms with Crippen molar-refractivity contribution in [3.05, 3.63) is 0 Å². The molecular weight excluding hydrogens is 248 g/mol. The number of hydrogen-bond donors (Lipinski definition) is 0. The lowest BCUT2D eigenvalue weighted by Crippen LogP contribution is -2.03. The van der Waals surface area contributed by atoms with Crippen molar-refractivity contribution in [3.8, 4) is 0 Å². The van der Waals surface area contributed by atoms with E-state index < -0.39 is 12.2 Å². The van der Waals surface area contributed by atoms with E-state index in [-0.39, 0.29) is 0 Å². The molecule has 6 heteroatoms. The average Bonchev–Trinajstić information content (AvgIpc) is 2.40. The summed E-state index contributed by atoms with van der Waals surface area (Å²) in [5.74, 6) is 0. The summed E-state index contributed by atoms with van der Waals surface area (Å²) < 4.78 is 9.49. The molecule has 0 rings (SSSR count). The quantitative estimate of drug-likeness (QED) is 0.458. The van der Waals surface area contributed by atoms with Crippen LogP contribution in [0.3, 0.4) is 0 Å². The van der Waals surface area contributed by atoms with E-state index in [2.05, 4.69) is 17.2 Å². The Morgan fingerprint density at radius 3 is 1.74 bits per heavy atom. The van der Waals surface area contributed by atoms with E-state index in [9.17, 15) is 9.59 Å². The number of amides is 2. The maximum atomic E-state index is 11.1. The van der Waals surface area contributed by atoms with Gasteiger partial charge in [-0.25, -0.2) is 9.59 Å². The maximum absolute atomic E-state index is 11.1. The lowest BCUT2D eigenvalue weighted by Gasteiger charge is -2.00. The topological polar surface area (TPSA) is 77.3 Å². The fraction of sp³-hybridized carbons (Fsp3) is 0.846. The molecule has 0 aromatic rings. The Morgan fingerprint density at radius 1 is 0.737 bits per heavy atom. The van der Waals surface area contributed by atoms with Crippen molar-refractivity contribution in [2.24, 2.45) is 10.2 Å². The Bertz CT molecular complexity index is 280. The molecule has 0 saturated heterocycles. The molecule has 0 aliphatic rings. The highest BCUT2D eigenvalue weighted by atomic mass is 16.6. The van der Waals surface area contributed by atoms with Crippen LogP contribution in [-0.4, -0.2) is 25.4 Å². The molecule has 0 radical (unpaired) electrons. The molecule has 0 aromatic heterocycles. The van der Waals surface area contributed by atoms with Gasteiger partial charge in [-0.3, -0.25) is 0 Å². The first-order valence-corrected chi connectivity index (χ1v) is 6.96. The van der Waals surface area contributed by atoms with Gasteiger partial charge in [-0.2, -0.15) is 0 Å². The molecule has 110 valence electrons. The van der Waals surface area contributed by atoms with E-state index in [0.29, 0.717) is 13.2 Å². The Hall–Kier alpha value is -1.46. The Kier molecular flexibility index (Phi) is 12.0. The second-order valence-electron chi connectivity index (χ2n) is 4.20. The van der Waals surface area contributed by atoms with Gasteiger partial charge in [-0.05, 0) is 12.8 Å². The summed E-state index contributed by atoms with van der Waals surface area (Å²) in [6.45, 7) is 4.72. The number of hydrogen-bond acceptors (Lipinski definition) is 4. The van der Waals surface area contributed by atoms with Gasteiger partial charge in [0.2, 0.25) is 0 Å². The highest BCUT2D eigenvalue weighted by Crippen LogP contribution is 2.02. The number of unbranched alkanes of at least 4 members (excludes halogenated alkanes) is 5. The van der Waals surface area contributed by atoms with Gasteiger partial charge >= 0.3 is 12.2 Å². The number of rotatable bonds is 9. The van der Waals surface area contributed by atoms with E-state index in [0.717, 1.165) is 32.1 Å². The SMILES string of the molecule is CCCCCCCOC(=O)N=NC(=O)OCCCC. The lowest BCUT2D eigenvalue weighted by atomic mass is 10.2. The van der Waals surface area contributed by atoms with Crippen molar-refractivity contribution in [3.63, 3.8) is 0 Å². The fourth-order valence-corrected chi connectivity index (χ4v) is 1.31. The predicted molar refractivity (Wildman–Crippen MR) is 71.2 cm³/mol. The van der Waals surface area contributed by atoms with Crippen LogP contribution in [-0.2, 0) is 9.47 Å². The largest absolute Gasteiger partial charge is 0.452 e. The molecule has 0 bridgehead atoms. The normalized spacial score (nSPS) is 10.6. The molecule has 0 spiro atoms. The molecule has 0 N–H and O–H groups in total. The third-order valence-electron chi connectivity index (χ3n) is 2.41. The molecule has 0 saturated carbocycles. The van der Waals surface area contributed by atoms with Gasteiger partial charge in [0, 0.05) is 0 Å². The summed E-state index contributed by atoms with van der Waals surface area (Å²) in [4.78, 5) is 22.1. The molecule has 0 fully saturated rings. The monoisotopic (exact) mass is 272 g/mol. The number of carbonyl (C=O) groups excluding carboxylic acids is 2. The van der Waals surface area contributed by atoms with Crippen LogP contribution in [0.5, 0.6) is 0 Å². The minimum atomic E-state index is -0.853. The zero-order valence-electron chi connectivity index (χ0n) is 11.9. The van der Waals surface area contributed by atoms with E-state index >= 15 is 0 Å². The highest BCUT2D eigenvalue weighted by molar-refractivity contribution is 5.73. The van der Waals surface area contributed by atoms with Crippen molar-refractivity contribution in [2.45, 2.75) is 58.8 Å². The van der Waals surface area contributed by atoms with Gasteiger partial charge in [-0.1, -0.05) is 56.2 Å². The molecule has 19 heavy (non-hydrogen) atoms.